The van der Waals surface area contributed by atoms with Crippen molar-refractivity contribution in [2.45, 2.75) is 107 Å². The Hall–Kier alpha value is -9.54. The highest BCUT2D eigenvalue weighted by Gasteiger charge is 2.67. The summed E-state index contributed by atoms with van der Waals surface area (Å²) in [5, 5.41) is 16.7. The fourth-order valence-corrected chi connectivity index (χ4v) is 11.1. The van der Waals surface area contributed by atoms with Gasteiger partial charge in [0.1, 0.15) is 5.56 Å². The quantitative estimate of drug-likeness (QED) is 0.00926. The van der Waals surface area contributed by atoms with Crippen molar-refractivity contribution in [1.82, 2.24) is 21.6 Å². The number of carboxylic acids is 1. The van der Waals surface area contributed by atoms with Gasteiger partial charge in [-0.15, -0.1) is 0 Å². The molecule has 2 aromatic heterocycles. The number of hydrazine groups is 2. The first kappa shape index (κ1) is 70.5. The van der Waals surface area contributed by atoms with Crippen molar-refractivity contribution in [2.75, 3.05) is 44.0 Å². The lowest BCUT2D eigenvalue weighted by atomic mass is 10.1. The zero-order valence-electron chi connectivity index (χ0n) is 48.7. The van der Waals surface area contributed by atoms with E-state index in [-0.39, 0.29) is 86.2 Å². The summed E-state index contributed by atoms with van der Waals surface area (Å²) in [6.07, 6.45) is 5.20. The van der Waals surface area contributed by atoms with Gasteiger partial charge in [-0.25, -0.2) is 35.9 Å². The molecular formula is C57H62F8N12O12S2+2. The first-order chi connectivity index (χ1) is 42.7. The van der Waals surface area contributed by atoms with Gasteiger partial charge in [-0.3, -0.25) is 60.0 Å². The molecule has 11 N–H and O–H groups in total. The van der Waals surface area contributed by atoms with Crippen LogP contribution in [0.1, 0.15) is 63.9 Å². The van der Waals surface area contributed by atoms with E-state index in [1.54, 1.807) is 61.3 Å². The van der Waals surface area contributed by atoms with E-state index in [1.165, 1.54) is 84.0 Å². The van der Waals surface area contributed by atoms with E-state index in [0.29, 0.717) is 30.6 Å². The van der Waals surface area contributed by atoms with Crippen molar-refractivity contribution in [3.05, 3.63) is 155 Å². The Morgan fingerprint density at radius 2 is 1.01 bits per heavy atom. The molecular weight excluding hydrogens is 1260 g/mol. The van der Waals surface area contributed by atoms with E-state index in [1.807, 2.05) is 5.43 Å². The average Bonchev–Trinajstić information content (AvgIpc) is 1.03. The molecule has 0 saturated heterocycles. The molecule has 91 heavy (non-hydrogen) atoms. The van der Waals surface area contributed by atoms with E-state index in [2.05, 4.69) is 36.3 Å². The molecule has 0 aliphatic heterocycles. The summed E-state index contributed by atoms with van der Waals surface area (Å²) < 4.78 is 167. The van der Waals surface area contributed by atoms with Gasteiger partial charge >= 0.3 is 42.0 Å². The summed E-state index contributed by atoms with van der Waals surface area (Å²) in [6, 6.07) is 21.6. The first-order valence-electron chi connectivity index (χ1n) is 27.2. The summed E-state index contributed by atoms with van der Waals surface area (Å²) in [4.78, 5) is 78.5. The van der Waals surface area contributed by atoms with Crippen molar-refractivity contribution >= 4 is 89.7 Å². The molecule has 0 unspecified atom stereocenters. The number of nitrogens with one attached hydrogen (secondary N) is 10. The van der Waals surface area contributed by atoms with Gasteiger partial charge in [0, 0.05) is 53.5 Å². The third-order valence-corrected chi connectivity index (χ3v) is 16.4. The molecule has 0 aliphatic rings. The van der Waals surface area contributed by atoms with Crippen LogP contribution < -0.4 is 61.7 Å². The van der Waals surface area contributed by atoms with Crippen LogP contribution in [0.4, 0.5) is 69.2 Å². The lowest BCUT2D eigenvalue weighted by molar-refractivity contribution is -0.684. The number of alkyl halides is 8. The number of carboxylic acid groups (broad SMARTS) is 1. The highest BCUT2D eigenvalue weighted by atomic mass is 32.2. The van der Waals surface area contributed by atoms with Crippen molar-refractivity contribution < 1.29 is 99.8 Å². The van der Waals surface area contributed by atoms with Crippen LogP contribution in [-0.2, 0) is 68.6 Å². The number of rotatable bonds is 32. The van der Waals surface area contributed by atoms with Crippen LogP contribution in [-0.4, -0.2) is 94.7 Å². The largest absolute Gasteiger partial charge is 0.477 e. The van der Waals surface area contributed by atoms with E-state index >= 15 is 0 Å². The van der Waals surface area contributed by atoms with Crippen LogP contribution in [0.3, 0.4) is 0 Å². The number of carbonyl (C=O) groups excluding carboxylic acids is 5. The Balaban J connectivity index is 0.875. The number of nitrogens with zero attached hydrogens (tertiary/aromatic N) is 2. The molecule has 24 nitrogen and oxygen atoms in total. The second-order valence-corrected chi connectivity index (χ2v) is 23.6. The summed E-state index contributed by atoms with van der Waals surface area (Å²) in [5.74, 6) is -25.8. The summed E-state index contributed by atoms with van der Waals surface area (Å²) in [5.41, 5.74) is 12.3. The topological polar surface area (TPSA) is 328 Å². The Bertz CT molecular complexity index is 3890. The van der Waals surface area contributed by atoms with Crippen molar-refractivity contribution in [3.8, 4) is 0 Å². The summed E-state index contributed by atoms with van der Waals surface area (Å²) in [7, 11) is -8.62. The maximum atomic E-state index is 13.8. The van der Waals surface area contributed by atoms with E-state index in [0.717, 1.165) is 49.1 Å². The number of hydrogen-bond donors (Lipinski definition) is 11. The Labute approximate surface area is 515 Å². The second-order valence-electron chi connectivity index (χ2n) is 20.3. The molecule has 0 aliphatic carbocycles. The van der Waals surface area contributed by atoms with Gasteiger partial charge in [0.2, 0.25) is 13.1 Å². The number of unbranched alkanes of at least 4 members (excludes halogenated alkanes) is 3. The minimum atomic E-state index is -5.71. The predicted molar refractivity (Wildman–Crippen MR) is 312 cm³/mol. The van der Waals surface area contributed by atoms with Gasteiger partial charge in [0.05, 0.1) is 27.8 Å². The first-order valence-corrected chi connectivity index (χ1v) is 30.1. The van der Waals surface area contributed by atoms with Gasteiger partial charge in [0.25, 0.3) is 37.8 Å². The van der Waals surface area contributed by atoms with Crippen molar-refractivity contribution in [2.24, 2.45) is 0 Å². The van der Waals surface area contributed by atoms with E-state index in [4.69, 9.17) is 9.94 Å². The number of benzene rings is 4. The molecule has 6 rings (SSSR count). The summed E-state index contributed by atoms with van der Waals surface area (Å²) in [6.45, 7) is 6.94. The smallest absolute Gasteiger partial charge is 0.413 e. The number of pyridine rings is 2. The summed E-state index contributed by atoms with van der Waals surface area (Å²) >= 11 is 0. The Kier molecular flexibility index (Phi) is 23.5. The van der Waals surface area contributed by atoms with Crippen LogP contribution in [0.2, 0.25) is 0 Å². The number of anilines is 6. The van der Waals surface area contributed by atoms with E-state index < -0.39 is 73.8 Å². The lowest BCUT2D eigenvalue weighted by Gasteiger charge is -2.22. The van der Waals surface area contributed by atoms with Crippen molar-refractivity contribution in [1.29, 1.82) is 0 Å². The molecule has 0 spiro atoms. The van der Waals surface area contributed by atoms with E-state index in [9.17, 15) is 80.7 Å². The average molecular weight is 1320 g/mol. The molecule has 2 heterocycles. The molecule has 0 saturated carbocycles. The van der Waals surface area contributed by atoms with Crippen molar-refractivity contribution in [3.63, 3.8) is 0 Å². The predicted octanol–water partition coefficient (Wildman–Crippen LogP) is 6.53. The maximum Gasteiger partial charge on any atom is 0.413 e. The SMILES string of the molecule is Cc1ccc(S(=O)(=O)Nc2ccc(NNC(=O)C(F)(F)C(F)F)cc2)c(C)c1NC(=O)C[n+]1cccc(CONCCCCCCNC(=O)c2ccc[n+](CC(=O)Nc3c(C)ccc(S(=O)(=O)Nc4ccc(NNC(=O)C(F)(F)C(F)(F)C(=O)O)cc4)c3C)c2)c1. The van der Waals surface area contributed by atoms with Crippen LogP contribution in [0.15, 0.2) is 132 Å². The number of aryl methyl sites for hydroxylation is 2. The molecule has 0 radical (unpaired) electrons. The lowest BCUT2D eigenvalue weighted by Crippen LogP contribution is -2.57. The fourth-order valence-electron chi connectivity index (χ4n) is 8.47. The number of sulfonamides is 2. The van der Waals surface area contributed by atoms with Gasteiger partial charge in [-0.2, -0.15) is 35.5 Å². The van der Waals surface area contributed by atoms with Crippen LogP contribution >= 0.6 is 0 Å². The maximum absolute atomic E-state index is 13.8. The molecule has 6 aromatic rings. The molecule has 0 bridgehead atoms. The number of aliphatic carboxylic acids is 1. The minimum absolute atomic E-state index is 0.0229. The number of hydrogen-bond acceptors (Lipinski definition) is 14. The highest BCUT2D eigenvalue weighted by molar-refractivity contribution is 7.93. The van der Waals surface area contributed by atoms with Gasteiger partial charge in [0.15, 0.2) is 24.8 Å². The fraction of sp³-hybridized carbons (Fsp3) is 0.298. The monoisotopic (exact) mass is 1320 g/mol. The highest BCUT2D eigenvalue weighted by Crippen LogP contribution is 2.35. The molecule has 34 heteroatoms. The normalized spacial score (nSPS) is 11.9. The number of hydroxylamine groups is 1. The minimum Gasteiger partial charge on any atom is -0.477 e. The third kappa shape index (κ3) is 18.8. The number of carbonyl (C=O) groups is 6. The standard InChI is InChI=1S/C57H60F8N12O12S2/c1-34-13-23-44(90(85,86)74-42-19-15-40(16-20-42)70-72-52(81)55(60,61)51(58)59)36(3)48(34)68-46(78)31-76-27-9-11-38(29-76)33-89-67-26-8-6-5-7-25-66-50(80)39-12-10-28-77(30-39)32-47(79)69-49-35(2)14-24-45(37(49)4)91(87,88)75-43-21-17-41(18-22-43)71-73-53(82)56(62,63)57(64,65)54(83)84/h9-24,27-30,51,67,70-71,74-75H,5-8,25-26,31-33H2,1-4H3,(H4-2,66,68,69,72,73,78,79,80,81,82,83,84)/p+2. The molecule has 4 aromatic carbocycles. The zero-order chi connectivity index (χ0) is 67.1. The number of amides is 5. The molecule has 488 valence electrons. The van der Waals surface area contributed by atoms with Gasteiger partial charge in [-0.05, 0) is 136 Å². The molecule has 5 amide bonds. The van der Waals surface area contributed by atoms with Crippen LogP contribution in [0.5, 0.6) is 0 Å². The Morgan fingerprint density at radius 1 is 0.560 bits per heavy atom. The van der Waals surface area contributed by atoms with Crippen LogP contribution in [0.25, 0.3) is 0 Å². The Morgan fingerprint density at radius 3 is 1.49 bits per heavy atom. The zero-order valence-corrected chi connectivity index (χ0v) is 50.3. The molecule has 0 atom stereocenters. The second kappa shape index (κ2) is 30.3. The number of aromatic nitrogens is 2. The van der Waals surface area contributed by atoms with Crippen LogP contribution in [0, 0.1) is 27.7 Å². The number of halogens is 8. The molecule has 0 fully saturated rings. The van der Waals surface area contributed by atoms with Gasteiger partial charge in [-0.1, -0.05) is 25.0 Å². The third-order valence-electron chi connectivity index (χ3n) is 13.3. The van der Waals surface area contributed by atoms with Gasteiger partial charge < -0.3 is 21.1 Å².